The molecule has 0 aliphatic carbocycles. The molecule has 1 fully saturated rings. The Kier molecular flexibility index (Phi) is 4.66. The summed E-state index contributed by atoms with van der Waals surface area (Å²) in [4.78, 5) is 20.7. The second kappa shape index (κ2) is 7.26. The van der Waals surface area contributed by atoms with Crippen LogP contribution in [0.1, 0.15) is 12.6 Å². The van der Waals surface area contributed by atoms with E-state index in [1.807, 2.05) is 42.6 Å². The van der Waals surface area contributed by atoms with E-state index in [2.05, 4.69) is 28.2 Å². The number of nitrogens with zero attached hydrogens (tertiary/aromatic N) is 5. The maximum absolute atomic E-state index is 12.0. The van der Waals surface area contributed by atoms with Crippen molar-refractivity contribution in [1.82, 2.24) is 19.5 Å². The van der Waals surface area contributed by atoms with Gasteiger partial charge >= 0.3 is 6.09 Å². The van der Waals surface area contributed by atoms with E-state index in [9.17, 15) is 4.79 Å². The fourth-order valence-electron chi connectivity index (χ4n) is 3.39. The van der Waals surface area contributed by atoms with Crippen molar-refractivity contribution < 1.29 is 9.53 Å². The third kappa shape index (κ3) is 3.45. The van der Waals surface area contributed by atoms with Crippen LogP contribution in [0.5, 0.6) is 0 Å². The van der Waals surface area contributed by atoms with Gasteiger partial charge in [0.1, 0.15) is 5.82 Å². The van der Waals surface area contributed by atoms with Gasteiger partial charge in [-0.05, 0) is 13.8 Å². The van der Waals surface area contributed by atoms with Crippen LogP contribution in [0.25, 0.3) is 16.9 Å². The SMILES string of the molecule is CCOC(=O)N1CCN(c2cc(-c3ccccc3)nc3cc(C)nn23)CC1. The molecular formula is C20H23N5O2. The van der Waals surface area contributed by atoms with Crippen LogP contribution in [0.3, 0.4) is 0 Å². The molecule has 1 aliphatic heterocycles. The van der Waals surface area contributed by atoms with Gasteiger partial charge in [0.05, 0.1) is 18.0 Å². The lowest BCUT2D eigenvalue weighted by Gasteiger charge is -2.35. The Labute approximate surface area is 158 Å². The number of anilines is 1. The van der Waals surface area contributed by atoms with Crippen molar-refractivity contribution in [3.8, 4) is 11.3 Å². The van der Waals surface area contributed by atoms with Crippen molar-refractivity contribution in [3.05, 3.63) is 48.2 Å². The third-order valence-electron chi connectivity index (χ3n) is 4.73. The molecule has 0 atom stereocenters. The molecule has 1 saturated heterocycles. The number of hydrogen-bond donors (Lipinski definition) is 0. The number of fused-ring (bicyclic) bond motifs is 1. The molecule has 7 nitrogen and oxygen atoms in total. The van der Waals surface area contributed by atoms with Gasteiger partial charge in [-0.15, -0.1) is 0 Å². The lowest BCUT2D eigenvalue weighted by Crippen LogP contribution is -2.49. The average molecular weight is 365 g/mol. The molecular weight excluding hydrogens is 342 g/mol. The number of carbonyl (C=O) groups excluding carboxylic acids is 1. The summed E-state index contributed by atoms with van der Waals surface area (Å²) in [7, 11) is 0. The average Bonchev–Trinajstić information content (AvgIpc) is 3.08. The summed E-state index contributed by atoms with van der Waals surface area (Å²) >= 11 is 0. The van der Waals surface area contributed by atoms with Gasteiger partial charge in [0.2, 0.25) is 0 Å². The largest absolute Gasteiger partial charge is 0.450 e. The smallest absolute Gasteiger partial charge is 0.409 e. The maximum Gasteiger partial charge on any atom is 0.409 e. The minimum atomic E-state index is -0.239. The molecule has 27 heavy (non-hydrogen) atoms. The van der Waals surface area contributed by atoms with E-state index in [4.69, 9.17) is 9.72 Å². The molecule has 1 aromatic carbocycles. The van der Waals surface area contributed by atoms with Crippen molar-refractivity contribution in [2.45, 2.75) is 13.8 Å². The van der Waals surface area contributed by atoms with E-state index in [0.29, 0.717) is 19.7 Å². The fourth-order valence-corrected chi connectivity index (χ4v) is 3.39. The standard InChI is InChI=1S/C20H23N5O2/c1-3-27-20(26)24-11-9-23(10-12-24)19-14-17(16-7-5-4-6-8-16)21-18-13-15(2)22-25(18)19/h4-8,13-14H,3,9-12H2,1-2H3. The van der Waals surface area contributed by atoms with Crippen LogP contribution < -0.4 is 4.90 Å². The van der Waals surface area contributed by atoms with Crippen LogP contribution in [0.15, 0.2) is 42.5 Å². The van der Waals surface area contributed by atoms with Crippen LogP contribution in [0, 0.1) is 6.92 Å². The van der Waals surface area contributed by atoms with E-state index in [1.165, 1.54) is 0 Å². The number of amides is 1. The van der Waals surface area contributed by atoms with E-state index in [0.717, 1.165) is 41.5 Å². The third-order valence-corrected chi connectivity index (χ3v) is 4.73. The monoisotopic (exact) mass is 365 g/mol. The zero-order chi connectivity index (χ0) is 18.8. The highest BCUT2D eigenvalue weighted by Crippen LogP contribution is 2.25. The van der Waals surface area contributed by atoms with Crippen LogP contribution in [-0.4, -0.2) is 58.4 Å². The van der Waals surface area contributed by atoms with Gasteiger partial charge in [-0.1, -0.05) is 30.3 Å². The molecule has 3 heterocycles. The molecule has 0 spiro atoms. The highest BCUT2D eigenvalue weighted by atomic mass is 16.6. The number of carbonyl (C=O) groups is 1. The number of aromatic nitrogens is 3. The number of aryl methyl sites for hydroxylation is 1. The Hall–Kier alpha value is -3.09. The summed E-state index contributed by atoms with van der Waals surface area (Å²) in [6.45, 7) is 6.91. The first kappa shape index (κ1) is 17.3. The molecule has 1 amide bonds. The number of piperazine rings is 1. The van der Waals surface area contributed by atoms with Gasteiger partial charge in [-0.3, -0.25) is 0 Å². The molecule has 7 heteroatoms. The molecule has 2 aromatic heterocycles. The van der Waals surface area contributed by atoms with Gasteiger partial charge in [0.15, 0.2) is 5.65 Å². The second-order valence-corrected chi connectivity index (χ2v) is 6.59. The lowest BCUT2D eigenvalue weighted by atomic mass is 10.1. The van der Waals surface area contributed by atoms with Crippen LogP contribution in [-0.2, 0) is 4.74 Å². The summed E-state index contributed by atoms with van der Waals surface area (Å²) in [5.74, 6) is 0.996. The predicted molar refractivity (Wildman–Crippen MR) is 104 cm³/mol. The van der Waals surface area contributed by atoms with Crippen LogP contribution in [0.4, 0.5) is 10.6 Å². The summed E-state index contributed by atoms with van der Waals surface area (Å²) in [6.07, 6.45) is -0.239. The molecule has 140 valence electrons. The molecule has 3 aromatic rings. The first-order valence-electron chi connectivity index (χ1n) is 9.25. The molecule has 0 bridgehead atoms. The van der Waals surface area contributed by atoms with E-state index < -0.39 is 0 Å². The Balaban J connectivity index is 1.66. The first-order chi connectivity index (χ1) is 13.2. The molecule has 0 radical (unpaired) electrons. The second-order valence-electron chi connectivity index (χ2n) is 6.59. The highest BCUT2D eigenvalue weighted by Gasteiger charge is 2.24. The molecule has 1 aliphatic rings. The minimum absolute atomic E-state index is 0.239. The normalized spacial score (nSPS) is 14.6. The van der Waals surface area contributed by atoms with E-state index in [-0.39, 0.29) is 6.09 Å². The Bertz CT molecular complexity index is 946. The number of hydrogen-bond acceptors (Lipinski definition) is 5. The number of rotatable bonds is 3. The minimum Gasteiger partial charge on any atom is -0.450 e. The Morgan fingerprint density at radius 2 is 1.85 bits per heavy atom. The number of ether oxygens (including phenoxy) is 1. The zero-order valence-corrected chi connectivity index (χ0v) is 15.6. The van der Waals surface area contributed by atoms with E-state index in [1.54, 1.807) is 4.90 Å². The Morgan fingerprint density at radius 3 is 2.56 bits per heavy atom. The van der Waals surface area contributed by atoms with Crippen molar-refractivity contribution in [2.75, 3.05) is 37.7 Å². The lowest BCUT2D eigenvalue weighted by molar-refractivity contribution is 0.105. The maximum atomic E-state index is 12.0. The van der Waals surface area contributed by atoms with Gasteiger partial charge < -0.3 is 14.5 Å². The van der Waals surface area contributed by atoms with E-state index >= 15 is 0 Å². The summed E-state index contributed by atoms with van der Waals surface area (Å²) < 4.78 is 7.00. The first-order valence-corrected chi connectivity index (χ1v) is 9.25. The van der Waals surface area contributed by atoms with Gasteiger partial charge in [0, 0.05) is 43.9 Å². The topological polar surface area (TPSA) is 63.0 Å². The molecule has 0 N–H and O–H groups in total. The van der Waals surface area contributed by atoms with Crippen LogP contribution in [0.2, 0.25) is 0 Å². The van der Waals surface area contributed by atoms with Gasteiger partial charge in [-0.25, -0.2) is 9.78 Å². The van der Waals surface area contributed by atoms with Gasteiger partial charge in [-0.2, -0.15) is 9.61 Å². The van der Waals surface area contributed by atoms with Crippen molar-refractivity contribution in [3.63, 3.8) is 0 Å². The fraction of sp³-hybridized carbons (Fsp3) is 0.350. The van der Waals surface area contributed by atoms with Crippen LogP contribution >= 0.6 is 0 Å². The van der Waals surface area contributed by atoms with Crippen molar-refractivity contribution >= 4 is 17.6 Å². The summed E-state index contributed by atoms with van der Waals surface area (Å²) in [5, 5.41) is 4.61. The molecule has 0 saturated carbocycles. The predicted octanol–water partition coefficient (Wildman–Crippen LogP) is 2.98. The number of benzene rings is 1. The van der Waals surface area contributed by atoms with Crippen molar-refractivity contribution in [1.29, 1.82) is 0 Å². The molecule has 4 rings (SSSR count). The summed E-state index contributed by atoms with van der Waals surface area (Å²) in [6, 6.07) is 14.2. The van der Waals surface area contributed by atoms with Gasteiger partial charge in [0.25, 0.3) is 0 Å². The zero-order valence-electron chi connectivity index (χ0n) is 15.6. The molecule has 0 unspecified atom stereocenters. The Morgan fingerprint density at radius 1 is 1.11 bits per heavy atom. The quantitative estimate of drug-likeness (QED) is 0.714. The van der Waals surface area contributed by atoms with Crippen molar-refractivity contribution in [2.24, 2.45) is 0 Å². The summed E-state index contributed by atoms with van der Waals surface area (Å²) in [5.41, 5.74) is 3.76. The highest BCUT2D eigenvalue weighted by molar-refractivity contribution is 5.69.